The molecule has 0 saturated carbocycles. The summed E-state index contributed by atoms with van der Waals surface area (Å²) in [5, 5.41) is 5.10. The van der Waals surface area contributed by atoms with Crippen molar-refractivity contribution in [3.8, 4) is 5.75 Å². The van der Waals surface area contributed by atoms with E-state index in [1.807, 2.05) is 74.5 Å². The van der Waals surface area contributed by atoms with E-state index in [1.54, 1.807) is 7.11 Å². The monoisotopic (exact) mass is 391 g/mol. The lowest BCUT2D eigenvalue weighted by atomic mass is 10.00. The van der Waals surface area contributed by atoms with Crippen LogP contribution in [0.3, 0.4) is 0 Å². The quantitative estimate of drug-likeness (QED) is 0.616. The third kappa shape index (κ3) is 5.13. The smallest absolute Gasteiger partial charge is 0.310 e. The van der Waals surface area contributed by atoms with Crippen molar-refractivity contribution >= 4 is 22.6 Å². The number of amides is 1. The normalized spacial score (nSPS) is 11.7. The second kappa shape index (κ2) is 9.24. The number of carbonyl (C=O) groups is 2. The third-order valence-corrected chi connectivity index (χ3v) is 4.80. The van der Waals surface area contributed by atoms with Gasteiger partial charge in [0, 0.05) is 5.56 Å². The first-order valence-corrected chi connectivity index (χ1v) is 9.54. The maximum atomic E-state index is 12.3. The number of hydrogen-bond acceptors (Lipinski definition) is 4. The van der Waals surface area contributed by atoms with Crippen molar-refractivity contribution in [2.75, 3.05) is 13.7 Å². The molecule has 0 aliphatic carbocycles. The maximum Gasteiger partial charge on any atom is 0.310 e. The number of carbonyl (C=O) groups excluding carboxylic acids is 2. The van der Waals surface area contributed by atoms with E-state index in [9.17, 15) is 9.59 Å². The maximum absolute atomic E-state index is 12.3. The van der Waals surface area contributed by atoms with Crippen molar-refractivity contribution < 1.29 is 19.1 Å². The van der Waals surface area contributed by atoms with E-state index in [0.717, 1.165) is 27.5 Å². The third-order valence-electron chi connectivity index (χ3n) is 4.80. The van der Waals surface area contributed by atoms with Gasteiger partial charge < -0.3 is 14.8 Å². The highest BCUT2D eigenvalue weighted by Gasteiger charge is 2.15. The summed E-state index contributed by atoms with van der Waals surface area (Å²) in [6.07, 6.45) is 0.0526. The molecule has 3 aromatic carbocycles. The predicted molar refractivity (Wildman–Crippen MR) is 113 cm³/mol. The number of hydrogen-bond donors (Lipinski definition) is 1. The van der Waals surface area contributed by atoms with Crippen LogP contribution in [0.1, 0.15) is 29.7 Å². The number of esters is 1. The molecular weight excluding hydrogens is 366 g/mol. The lowest BCUT2D eigenvalue weighted by molar-refractivity contribution is -0.148. The molecule has 3 rings (SSSR count). The van der Waals surface area contributed by atoms with Gasteiger partial charge in [0.1, 0.15) is 5.75 Å². The van der Waals surface area contributed by atoms with E-state index in [0.29, 0.717) is 5.75 Å². The zero-order valence-electron chi connectivity index (χ0n) is 16.9. The van der Waals surface area contributed by atoms with Crippen LogP contribution in [0.4, 0.5) is 0 Å². The summed E-state index contributed by atoms with van der Waals surface area (Å²) in [4.78, 5) is 24.5. The van der Waals surface area contributed by atoms with E-state index in [2.05, 4.69) is 5.32 Å². The van der Waals surface area contributed by atoms with Gasteiger partial charge in [-0.05, 0) is 36.2 Å². The van der Waals surface area contributed by atoms with Crippen LogP contribution < -0.4 is 10.1 Å². The first kappa shape index (κ1) is 20.4. The molecule has 0 aliphatic heterocycles. The number of benzene rings is 3. The van der Waals surface area contributed by atoms with Gasteiger partial charge in [-0.1, -0.05) is 60.2 Å². The van der Waals surface area contributed by atoms with Gasteiger partial charge in [0.25, 0.3) is 5.91 Å². The summed E-state index contributed by atoms with van der Waals surface area (Å²) in [7, 11) is 1.56. The molecular formula is C24H25NO4. The molecule has 0 fully saturated rings. The molecule has 0 aromatic heterocycles. The largest absolute Gasteiger partial charge is 0.496 e. The minimum Gasteiger partial charge on any atom is -0.496 e. The molecule has 0 heterocycles. The average molecular weight is 391 g/mol. The predicted octanol–water partition coefficient (Wildman–Crippen LogP) is 4.12. The number of nitrogens with one attached hydrogen (secondary N) is 1. The van der Waals surface area contributed by atoms with Gasteiger partial charge in [-0.15, -0.1) is 0 Å². The first-order chi connectivity index (χ1) is 14.0. The van der Waals surface area contributed by atoms with E-state index >= 15 is 0 Å². The van der Waals surface area contributed by atoms with Crippen molar-refractivity contribution in [1.29, 1.82) is 0 Å². The van der Waals surface area contributed by atoms with Crippen LogP contribution in [-0.2, 0) is 20.7 Å². The van der Waals surface area contributed by atoms with Crippen LogP contribution >= 0.6 is 0 Å². The zero-order valence-corrected chi connectivity index (χ0v) is 16.9. The van der Waals surface area contributed by atoms with Gasteiger partial charge in [-0.3, -0.25) is 9.59 Å². The average Bonchev–Trinajstić information content (AvgIpc) is 2.72. The van der Waals surface area contributed by atoms with Gasteiger partial charge >= 0.3 is 5.97 Å². The number of fused-ring (bicyclic) bond motifs is 1. The molecule has 0 bridgehead atoms. The van der Waals surface area contributed by atoms with E-state index in [1.165, 1.54) is 0 Å². The highest BCUT2D eigenvalue weighted by molar-refractivity contribution is 5.87. The molecule has 5 nitrogen and oxygen atoms in total. The Morgan fingerprint density at radius 2 is 1.79 bits per heavy atom. The Kier molecular flexibility index (Phi) is 6.50. The number of rotatable bonds is 7. The van der Waals surface area contributed by atoms with Crippen molar-refractivity contribution in [1.82, 2.24) is 5.32 Å². The molecule has 150 valence electrons. The second-order valence-corrected chi connectivity index (χ2v) is 7.01. The standard InChI is InChI=1S/C24H25NO4/c1-16-11-12-22(28-3)19(13-16)14-24(27)29-15-23(26)25-17(2)20-10-6-8-18-7-4-5-9-21(18)20/h4-13,17H,14-15H2,1-3H3,(H,25,26)/t17-/m0/s1. The van der Waals surface area contributed by atoms with Gasteiger partial charge in [0.05, 0.1) is 19.6 Å². The fraction of sp³-hybridized carbons (Fsp3) is 0.250. The Morgan fingerprint density at radius 3 is 2.59 bits per heavy atom. The Morgan fingerprint density at radius 1 is 1.03 bits per heavy atom. The Hall–Kier alpha value is -3.34. The minimum atomic E-state index is -0.470. The first-order valence-electron chi connectivity index (χ1n) is 9.54. The lowest BCUT2D eigenvalue weighted by Crippen LogP contribution is -2.31. The van der Waals surface area contributed by atoms with Crippen LogP contribution in [-0.4, -0.2) is 25.6 Å². The summed E-state index contributed by atoms with van der Waals surface area (Å²) < 4.78 is 10.4. The lowest BCUT2D eigenvalue weighted by Gasteiger charge is -2.17. The number of methoxy groups -OCH3 is 1. The van der Waals surface area contributed by atoms with Crippen LogP contribution in [0.25, 0.3) is 10.8 Å². The van der Waals surface area contributed by atoms with E-state index in [-0.39, 0.29) is 25.0 Å². The molecule has 0 saturated heterocycles. The Labute approximate surface area is 170 Å². The van der Waals surface area contributed by atoms with Crippen molar-refractivity contribution in [2.45, 2.75) is 26.3 Å². The van der Waals surface area contributed by atoms with Crippen LogP contribution in [0.15, 0.2) is 60.7 Å². The van der Waals surface area contributed by atoms with E-state index < -0.39 is 5.97 Å². The van der Waals surface area contributed by atoms with Gasteiger partial charge in [-0.2, -0.15) is 0 Å². The highest BCUT2D eigenvalue weighted by Crippen LogP contribution is 2.24. The van der Waals surface area contributed by atoms with Crippen molar-refractivity contribution in [2.24, 2.45) is 0 Å². The zero-order chi connectivity index (χ0) is 20.8. The van der Waals surface area contributed by atoms with E-state index in [4.69, 9.17) is 9.47 Å². The topological polar surface area (TPSA) is 64.6 Å². The van der Waals surface area contributed by atoms with Gasteiger partial charge in [0.2, 0.25) is 0 Å². The summed E-state index contributed by atoms with van der Waals surface area (Å²) in [6.45, 7) is 3.54. The van der Waals surface area contributed by atoms with Crippen LogP contribution in [0, 0.1) is 6.92 Å². The van der Waals surface area contributed by atoms with Crippen molar-refractivity contribution in [3.63, 3.8) is 0 Å². The number of ether oxygens (including phenoxy) is 2. The molecule has 0 aliphatic rings. The highest BCUT2D eigenvalue weighted by atomic mass is 16.5. The molecule has 3 aromatic rings. The second-order valence-electron chi connectivity index (χ2n) is 7.01. The molecule has 1 N–H and O–H groups in total. The fourth-order valence-electron chi connectivity index (χ4n) is 3.39. The molecule has 0 unspecified atom stereocenters. The molecule has 5 heteroatoms. The fourth-order valence-corrected chi connectivity index (χ4v) is 3.39. The molecule has 1 amide bonds. The van der Waals surface area contributed by atoms with Crippen molar-refractivity contribution in [3.05, 3.63) is 77.4 Å². The molecule has 0 spiro atoms. The van der Waals surface area contributed by atoms with Gasteiger partial charge in [0.15, 0.2) is 6.61 Å². The molecule has 0 radical (unpaired) electrons. The number of aryl methyl sites for hydroxylation is 1. The SMILES string of the molecule is COc1ccc(C)cc1CC(=O)OCC(=O)N[C@@H](C)c1cccc2ccccc12. The summed E-state index contributed by atoms with van der Waals surface area (Å²) in [6, 6.07) is 19.4. The summed E-state index contributed by atoms with van der Waals surface area (Å²) in [5.41, 5.74) is 2.78. The summed E-state index contributed by atoms with van der Waals surface area (Å²) >= 11 is 0. The van der Waals surface area contributed by atoms with Crippen LogP contribution in [0.5, 0.6) is 5.75 Å². The van der Waals surface area contributed by atoms with Gasteiger partial charge in [-0.25, -0.2) is 0 Å². The molecule has 1 atom stereocenters. The van der Waals surface area contributed by atoms with Crippen LogP contribution in [0.2, 0.25) is 0 Å². The Bertz CT molecular complexity index is 1020. The Balaban J connectivity index is 1.57. The molecule has 29 heavy (non-hydrogen) atoms. The minimum absolute atomic E-state index is 0.0526. The summed E-state index contributed by atoms with van der Waals surface area (Å²) in [5.74, 6) is -0.182.